The number of amides is 1. The van der Waals surface area contributed by atoms with E-state index in [1.54, 1.807) is 20.8 Å². The van der Waals surface area contributed by atoms with Crippen molar-refractivity contribution in [2.24, 2.45) is 0 Å². The molecule has 19 heavy (non-hydrogen) atoms. The molecule has 1 saturated carbocycles. The molecular formula is C12H17F3N2O2. The summed E-state index contributed by atoms with van der Waals surface area (Å²) in [4.78, 5) is 12.6. The Morgan fingerprint density at radius 2 is 1.95 bits per heavy atom. The molecule has 1 unspecified atom stereocenters. The predicted octanol–water partition coefficient (Wildman–Crippen LogP) is 3.23. The van der Waals surface area contributed by atoms with Crippen LogP contribution in [-0.2, 0) is 4.74 Å². The summed E-state index contributed by atoms with van der Waals surface area (Å²) in [6.45, 7) is 4.76. The molecule has 1 rings (SSSR count). The maximum atomic E-state index is 12.9. The van der Waals surface area contributed by atoms with Crippen LogP contribution >= 0.6 is 0 Å². The fourth-order valence-electron chi connectivity index (χ4n) is 1.66. The number of nitrogens with zero attached hydrogens (tertiary/aromatic N) is 2. The minimum Gasteiger partial charge on any atom is -0.444 e. The van der Waals surface area contributed by atoms with Gasteiger partial charge in [-0.05, 0) is 33.6 Å². The topological polar surface area (TPSA) is 53.3 Å². The highest BCUT2D eigenvalue weighted by atomic mass is 19.4. The van der Waals surface area contributed by atoms with Gasteiger partial charge in [0.1, 0.15) is 11.6 Å². The Labute approximate surface area is 110 Å². The average Bonchev–Trinajstić information content (AvgIpc) is 2.96. The summed E-state index contributed by atoms with van der Waals surface area (Å²) in [6.07, 6.45) is -5.39. The summed E-state index contributed by atoms with van der Waals surface area (Å²) in [5.74, 6) is 0. The van der Waals surface area contributed by atoms with Crippen molar-refractivity contribution in [1.82, 2.24) is 4.90 Å². The molecule has 1 amide bonds. The number of rotatable bonds is 3. The van der Waals surface area contributed by atoms with Gasteiger partial charge in [0.05, 0.1) is 12.5 Å². The van der Waals surface area contributed by atoms with Crippen molar-refractivity contribution < 1.29 is 22.7 Å². The SMILES string of the molecule is CC(C)(C)OC(=O)N(C1CC1)C(CC#N)C(F)(F)F. The maximum Gasteiger partial charge on any atom is 0.411 e. The van der Waals surface area contributed by atoms with Gasteiger partial charge >= 0.3 is 12.3 Å². The summed E-state index contributed by atoms with van der Waals surface area (Å²) >= 11 is 0. The molecule has 0 saturated heterocycles. The van der Waals surface area contributed by atoms with Crippen LogP contribution in [0.2, 0.25) is 0 Å². The molecule has 108 valence electrons. The zero-order valence-electron chi connectivity index (χ0n) is 11.1. The number of hydrogen-bond acceptors (Lipinski definition) is 3. The molecule has 0 heterocycles. The van der Waals surface area contributed by atoms with E-state index in [0.717, 1.165) is 0 Å². The first-order valence-corrected chi connectivity index (χ1v) is 6.01. The Balaban J connectivity index is 2.92. The first-order chi connectivity index (χ1) is 8.56. The lowest BCUT2D eigenvalue weighted by atomic mass is 10.1. The van der Waals surface area contributed by atoms with Crippen molar-refractivity contribution in [2.75, 3.05) is 0 Å². The molecule has 1 aliphatic carbocycles. The summed E-state index contributed by atoms with van der Waals surface area (Å²) in [5, 5.41) is 8.54. The Morgan fingerprint density at radius 1 is 1.42 bits per heavy atom. The number of halogens is 3. The van der Waals surface area contributed by atoms with Gasteiger partial charge in [0.25, 0.3) is 0 Å². The van der Waals surface area contributed by atoms with Gasteiger partial charge in [0.15, 0.2) is 0 Å². The summed E-state index contributed by atoms with van der Waals surface area (Å²) < 4.78 is 43.8. The quantitative estimate of drug-likeness (QED) is 0.796. The monoisotopic (exact) mass is 278 g/mol. The van der Waals surface area contributed by atoms with E-state index < -0.39 is 36.4 Å². The third-order valence-electron chi connectivity index (χ3n) is 2.54. The molecule has 0 aliphatic heterocycles. The Bertz CT molecular complexity index is 378. The first-order valence-electron chi connectivity index (χ1n) is 6.01. The van der Waals surface area contributed by atoms with Crippen molar-refractivity contribution >= 4 is 6.09 Å². The number of alkyl halides is 3. The van der Waals surface area contributed by atoms with E-state index >= 15 is 0 Å². The fourth-order valence-corrected chi connectivity index (χ4v) is 1.66. The second-order valence-corrected chi connectivity index (χ2v) is 5.54. The van der Waals surface area contributed by atoms with Crippen molar-refractivity contribution in [2.45, 2.75) is 63.9 Å². The number of nitriles is 1. The highest BCUT2D eigenvalue weighted by Gasteiger charge is 2.51. The van der Waals surface area contributed by atoms with Gasteiger partial charge in [-0.1, -0.05) is 0 Å². The van der Waals surface area contributed by atoms with E-state index in [-0.39, 0.29) is 0 Å². The molecule has 1 aliphatic rings. The normalized spacial score (nSPS) is 17.5. The van der Waals surface area contributed by atoms with Crippen LogP contribution < -0.4 is 0 Å². The van der Waals surface area contributed by atoms with Crippen LogP contribution in [0.5, 0.6) is 0 Å². The van der Waals surface area contributed by atoms with Crippen LogP contribution in [0.4, 0.5) is 18.0 Å². The molecule has 0 aromatic rings. The average molecular weight is 278 g/mol. The fraction of sp³-hybridized carbons (Fsp3) is 0.833. The third-order valence-corrected chi connectivity index (χ3v) is 2.54. The molecule has 0 aromatic heterocycles. The lowest BCUT2D eigenvalue weighted by Gasteiger charge is -2.33. The van der Waals surface area contributed by atoms with Gasteiger partial charge in [-0.25, -0.2) is 4.79 Å². The van der Waals surface area contributed by atoms with E-state index in [9.17, 15) is 18.0 Å². The molecule has 0 aromatic carbocycles. The number of ether oxygens (including phenoxy) is 1. The molecule has 0 spiro atoms. The Morgan fingerprint density at radius 3 is 2.26 bits per heavy atom. The molecule has 4 nitrogen and oxygen atoms in total. The molecule has 1 atom stereocenters. The van der Waals surface area contributed by atoms with E-state index in [2.05, 4.69) is 0 Å². The Hall–Kier alpha value is -1.45. The van der Waals surface area contributed by atoms with Crippen molar-refractivity contribution in [1.29, 1.82) is 5.26 Å². The van der Waals surface area contributed by atoms with Crippen molar-refractivity contribution in [3.05, 3.63) is 0 Å². The zero-order chi connectivity index (χ0) is 14.8. The summed E-state index contributed by atoms with van der Waals surface area (Å²) in [5.41, 5.74) is -0.868. The van der Waals surface area contributed by atoms with Gasteiger partial charge in [-0.3, -0.25) is 4.90 Å². The van der Waals surface area contributed by atoms with Crippen LogP contribution in [0.1, 0.15) is 40.0 Å². The second kappa shape index (κ2) is 5.27. The first kappa shape index (κ1) is 15.6. The van der Waals surface area contributed by atoms with Crippen molar-refractivity contribution in [3.8, 4) is 6.07 Å². The van der Waals surface area contributed by atoms with Crippen molar-refractivity contribution in [3.63, 3.8) is 0 Å². The molecule has 0 radical (unpaired) electrons. The van der Waals surface area contributed by atoms with Gasteiger partial charge in [0.2, 0.25) is 0 Å². The standard InChI is InChI=1S/C12H17F3N2O2/c1-11(2,3)19-10(18)17(8-4-5-8)9(6-7-16)12(13,14)15/h8-9H,4-6H2,1-3H3. The molecule has 0 N–H and O–H groups in total. The number of carbonyl (C=O) groups excluding carboxylic acids is 1. The minimum absolute atomic E-state index is 0.477. The number of carbonyl (C=O) groups is 1. The largest absolute Gasteiger partial charge is 0.444 e. The molecule has 7 heteroatoms. The maximum absolute atomic E-state index is 12.9. The lowest BCUT2D eigenvalue weighted by molar-refractivity contribution is -0.180. The molecule has 1 fully saturated rings. The van der Waals surface area contributed by atoms with Crippen LogP contribution in [-0.4, -0.2) is 34.9 Å². The van der Waals surface area contributed by atoms with E-state index in [0.29, 0.717) is 17.7 Å². The van der Waals surface area contributed by atoms with Gasteiger partial charge in [-0.2, -0.15) is 18.4 Å². The van der Waals surface area contributed by atoms with Crippen LogP contribution in [0.25, 0.3) is 0 Å². The number of hydrogen-bond donors (Lipinski definition) is 0. The highest BCUT2D eigenvalue weighted by molar-refractivity contribution is 5.69. The van der Waals surface area contributed by atoms with E-state index in [1.807, 2.05) is 0 Å². The smallest absolute Gasteiger partial charge is 0.411 e. The second-order valence-electron chi connectivity index (χ2n) is 5.54. The van der Waals surface area contributed by atoms with Crippen LogP contribution in [0, 0.1) is 11.3 Å². The van der Waals surface area contributed by atoms with Crippen LogP contribution in [0.3, 0.4) is 0 Å². The van der Waals surface area contributed by atoms with E-state index in [4.69, 9.17) is 10.00 Å². The summed E-state index contributed by atoms with van der Waals surface area (Å²) in [7, 11) is 0. The van der Waals surface area contributed by atoms with Gasteiger partial charge in [0, 0.05) is 6.04 Å². The zero-order valence-corrected chi connectivity index (χ0v) is 11.1. The van der Waals surface area contributed by atoms with Crippen LogP contribution in [0.15, 0.2) is 0 Å². The summed E-state index contributed by atoms with van der Waals surface area (Å²) in [6, 6.07) is -1.09. The minimum atomic E-state index is -4.63. The predicted molar refractivity (Wildman–Crippen MR) is 61.2 cm³/mol. The Kier molecular flexibility index (Phi) is 4.33. The third kappa shape index (κ3) is 4.62. The lowest BCUT2D eigenvalue weighted by Crippen LogP contribution is -2.51. The van der Waals surface area contributed by atoms with E-state index in [1.165, 1.54) is 6.07 Å². The van der Waals surface area contributed by atoms with Gasteiger partial charge < -0.3 is 4.74 Å². The molecular weight excluding hydrogens is 261 g/mol. The van der Waals surface area contributed by atoms with Gasteiger partial charge in [-0.15, -0.1) is 0 Å². The molecule has 0 bridgehead atoms. The highest BCUT2D eigenvalue weighted by Crippen LogP contribution is 2.37.